The van der Waals surface area contributed by atoms with Gasteiger partial charge >= 0.3 is 6.09 Å². The first-order chi connectivity index (χ1) is 11.2. The molecule has 1 heterocycles. The van der Waals surface area contributed by atoms with E-state index in [-0.39, 0.29) is 18.2 Å². The van der Waals surface area contributed by atoms with Gasteiger partial charge < -0.3 is 9.84 Å². The first-order valence-corrected chi connectivity index (χ1v) is 8.49. The van der Waals surface area contributed by atoms with Gasteiger partial charge in [-0.25, -0.2) is 4.79 Å². The highest BCUT2D eigenvalue weighted by Gasteiger charge is 2.42. The number of aliphatic hydroxyl groups excluding tert-OH is 1. The van der Waals surface area contributed by atoms with Crippen LogP contribution >= 0.6 is 0 Å². The van der Waals surface area contributed by atoms with E-state index < -0.39 is 23.8 Å². The summed E-state index contributed by atoms with van der Waals surface area (Å²) in [5, 5.41) is 10.8. The van der Waals surface area contributed by atoms with Crippen LogP contribution in [0.25, 0.3) is 0 Å². The smallest absolute Gasteiger partial charge is 0.410 e. The molecule has 0 aliphatic carbocycles. The number of carbonyl (C=O) groups is 2. The Labute approximate surface area is 143 Å². The van der Waals surface area contributed by atoms with Crippen molar-refractivity contribution < 1.29 is 19.4 Å². The van der Waals surface area contributed by atoms with Gasteiger partial charge in [-0.15, -0.1) is 0 Å². The normalized spacial score (nSPS) is 23.0. The summed E-state index contributed by atoms with van der Waals surface area (Å²) in [5.41, 5.74) is 0.0691. The second-order valence-electron chi connectivity index (χ2n) is 7.32. The van der Waals surface area contributed by atoms with E-state index >= 15 is 0 Å². The molecule has 1 aromatic carbocycles. The summed E-state index contributed by atoms with van der Waals surface area (Å²) in [4.78, 5) is 26.4. The van der Waals surface area contributed by atoms with E-state index in [1.807, 2.05) is 45.9 Å². The van der Waals surface area contributed by atoms with E-state index in [4.69, 9.17) is 4.74 Å². The number of hydrogen-bond acceptors (Lipinski definition) is 4. The van der Waals surface area contributed by atoms with E-state index in [1.165, 1.54) is 0 Å². The Morgan fingerprint density at radius 3 is 2.46 bits per heavy atom. The summed E-state index contributed by atoms with van der Waals surface area (Å²) in [6.45, 7) is 7.36. The van der Waals surface area contributed by atoms with Crippen LogP contribution in [0.5, 0.6) is 0 Å². The summed E-state index contributed by atoms with van der Waals surface area (Å²) in [6, 6.07) is 8.29. The minimum Gasteiger partial charge on any atom is -0.444 e. The molecule has 0 saturated carbocycles. The minimum absolute atomic E-state index is 0.0710. The van der Waals surface area contributed by atoms with Gasteiger partial charge in [0.05, 0.1) is 12.1 Å². The van der Waals surface area contributed by atoms with Crippen LogP contribution < -0.4 is 0 Å². The van der Waals surface area contributed by atoms with Crippen molar-refractivity contribution in [2.24, 2.45) is 0 Å². The molecule has 1 fully saturated rings. The Morgan fingerprint density at radius 2 is 1.92 bits per heavy atom. The zero-order chi connectivity index (χ0) is 17.9. The number of carbonyl (C=O) groups excluding carboxylic acids is 2. The van der Waals surface area contributed by atoms with Gasteiger partial charge in [0.2, 0.25) is 0 Å². The van der Waals surface area contributed by atoms with Gasteiger partial charge in [0.25, 0.3) is 0 Å². The third-order valence-electron chi connectivity index (χ3n) is 4.23. The van der Waals surface area contributed by atoms with Gasteiger partial charge in [0.15, 0.2) is 0 Å². The van der Waals surface area contributed by atoms with Crippen molar-refractivity contribution in [2.75, 3.05) is 0 Å². The average Bonchev–Trinajstić information content (AvgIpc) is 2.52. The number of benzene rings is 1. The number of likely N-dealkylation sites (tertiary alicyclic amines) is 1. The van der Waals surface area contributed by atoms with E-state index in [0.717, 1.165) is 0 Å². The molecule has 0 bridgehead atoms. The molecular formula is C19H27NO4. The summed E-state index contributed by atoms with van der Waals surface area (Å²) in [7, 11) is 0. The topological polar surface area (TPSA) is 66.8 Å². The molecule has 3 unspecified atom stereocenters. The summed E-state index contributed by atoms with van der Waals surface area (Å²) >= 11 is 0. The van der Waals surface area contributed by atoms with Crippen LogP contribution in [0.1, 0.15) is 58.6 Å². The highest BCUT2D eigenvalue weighted by atomic mass is 16.6. The van der Waals surface area contributed by atoms with Gasteiger partial charge in [-0.1, -0.05) is 37.3 Å². The maximum Gasteiger partial charge on any atom is 0.410 e. The Kier molecular flexibility index (Phi) is 5.65. The molecule has 5 heteroatoms. The van der Waals surface area contributed by atoms with Crippen molar-refractivity contribution >= 4 is 11.9 Å². The number of amides is 1. The van der Waals surface area contributed by atoms with Crippen LogP contribution in [0.2, 0.25) is 0 Å². The average molecular weight is 333 g/mol. The van der Waals surface area contributed by atoms with Crippen molar-refractivity contribution in [3.8, 4) is 0 Å². The molecule has 0 radical (unpaired) electrons. The summed E-state index contributed by atoms with van der Waals surface area (Å²) in [5.74, 6) is 0.0710. The van der Waals surface area contributed by atoms with Gasteiger partial charge in [-0.05, 0) is 32.8 Å². The van der Waals surface area contributed by atoms with Crippen molar-refractivity contribution in [1.82, 2.24) is 4.90 Å². The molecule has 132 valence electrons. The molecule has 1 aliphatic rings. The lowest BCUT2D eigenvalue weighted by Crippen LogP contribution is -2.55. The molecule has 0 spiro atoms. The third kappa shape index (κ3) is 4.35. The first kappa shape index (κ1) is 18.5. The Bertz CT molecular complexity index is 579. The third-order valence-corrected chi connectivity index (χ3v) is 4.23. The number of rotatable bonds is 3. The molecule has 1 N–H and O–H groups in total. The number of ketones is 1. The molecular weight excluding hydrogens is 306 g/mol. The standard InChI is InChI=1S/C19H27NO4/c1-5-14-11-15(21)12-16(17(22)13-9-7-6-8-10-13)20(14)18(23)24-19(2,3)4/h6-10,14,16-17,22H,5,11-12H2,1-4H3. The summed E-state index contributed by atoms with van der Waals surface area (Å²) < 4.78 is 5.53. The quantitative estimate of drug-likeness (QED) is 0.920. The van der Waals surface area contributed by atoms with Crippen LogP contribution in [-0.4, -0.2) is 39.6 Å². The Morgan fingerprint density at radius 1 is 1.29 bits per heavy atom. The lowest BCUT2D eigenvalue weighted by Gasteiger charge is -2.43. The van der Waals surface area contributed by atoms with Crippen LogP contribution in [0, 0.1) is 0 Å². The SMILES string of the molecule is CCC1CC(=O)CC(C(O)c2ccccc2)N1C(=O)OC(C)(C)C. The van der Waals surface area contributed by atoms with Crippen LogP contribution in [0.3, 0.4) is 0 Å². The number of hydrogen-bond donors (Lipinski definition) is 1. The van der Waals surface area contributed by atoms with Crippen LogP contribution in [0.4, 0.5) is 4.79 Å². The van der Waals surface area contributed by atoms with Gasteiger partial charge in [-0.3, -0.25) is 9.69 Å². The fraction of sp³-hybridized carbons (Fsp3) is 0.579. The number of ether oxygens (including phenoxy) is 1. The predicted molar refractivity (Wildman–Crippen MR) is 91.6 cm³/mol. The predicted octanol–water partition coefficient (Wildman–Crippen LogP) is 3.47. The second kappa shape index (κ2) is 7.34. The Hall–Kier alpha value is -1.88. The zero-order valence-corrected chi connectivity index (χ0v) is 14.9. The lowest BCUT2D eigenvalue weighted by molar-refractivity contribution is -0.128. The fourth-order valence-corrected chi connectivity index (χ4v) is 3.12. The van der Waals surface area contributed by atoms with Gasteiger partial charge in [0.1, 0.15) is 11.4 Å². The molecule has 0 aromatic heterocycles. The molecule has 1 amide bonds. The van der Waals surface area contributed by atoms with Crippen LogP contribution in [-0.2, 0) is 9.53 Å². The van der Waals surface area contributed by atoms with Gasteiger partial charge in [-0.2, -0.15) is 0 Å². The van der Waals surface area contributed by atoms with Crippen molar-refractivity contribution in [3.63, 3.8) is 0 Å². The van der Waals surface area contributed by atoms with E-state index in [9.17, 15) is 14.7 Å². The van der Waals surface area contributed by atoms with Gasteiger partial charge in [0, 0.05) is 18.9 Å². The van der Waals surface area contributed by atoms with Crippen molar-refractivity contribution in [2.45, 2.75) is 70.7 Å². The molecule has 2 rings (SSSR count). The van der Waals surface area contributed by atoms with E-state index in [0.29, 0.717) is 18.4 Å². The minimum atomic E-state index is -0.919. The molecule has 1 aromatic rings. The number of nitrogens with zero attached hydrogens (tertiary/aromatic N) is 1. The summed E-state index contributed by atoms with van der Waals surface area (Å²) in [6.07, 6.45) is -0.290. The lowest BCUT2D eigenvalue weighted by atomic mass is 9.88. The highest BCUT2D eigenvalue weighted by molar-refractivity contribution is 5.83. The monoisotopic (exact) mass is 333 g/mol. The first-order valence-electron chi connectivity index (χ1n) is 8.49. The van der Waals surface area contributed by atoms with E-state index in [2.05, 4.69) is 0 Å². The maximum atomic E-state index is 12.7. The largest absolute Gasteiger partial charge is 0.444 e. The molecule has 3 atom stereocenters. The van der Waals surface area contributed by atoms with E-state index in [1.54, 1.807) is 17.0 Å². The zero-order valence-electron chi connectivity index (χ0n) is 14.9. The second-order valence-corrected chi connectivity index (χ2v) is 7.32. The Balaban J connectivity index is 2.32. The molecule has 1 aliphatic heterocycles. The number of piperidine rings is 1. The highest BCUT2D eigenvalue weighted by Crippen LogP contribution is 2.32. The van der Waals surface area contributed by atoms with Crippen LogP contribution in [0.15, 0.2) is 30.3 Å². The maximum absolute atomic E-state index is 12.7. The van der Waals surface area contributed by atoms with Crippen molar-refractivity contribution in [3.05, 3.63) is 35.9 Å². The molecule has 5 nitrogen and oxygen atoms in total. The number of aliphatic hydroxyl groups is 1. The molecule has 24 heavy (non-hydrogen) atoms. The molecule has 1 saturated heterocycles. The van der Waals surface area contributed by atoms with Crippen molar-refractivity contribution in [1.29, 1.82) is 0 Å². The number of Topliss-reactive ketones (excluding diaryl/α,β-unsaturated/α-hetero) is 1. The fourth-order valence-electron chi connectivity index (χ4n) is 3.12.